The van der Waals surface area contributed by atoms with Gasteiger partial charge in [0.1, 0.15) is 23.9 Å². The van der Waals surface area contributed by atoms with E-state index in [1.807, 2.05) is 68.4 Å². The molecule has 1 N–H and O–H groups in total. The van der Waals surface area contributed by atoms with Gasteiger partial charge in [0.05, 0.1) is 28.9 Å². The Hall–Kier alpha value is -4.95. The van der Waals surface area contributed by atoms with Gasteiger partial charge < -0.3 is 14.6 Å². The Kier molecular flexibility index (Phi) is 7.22. The van der Waals surface area contributed by atoms with Crippen molar-refractivity contribution in [2.24, 2.45) is 0 Å². The van der Waals surface area contributed by atoms with E-state index in [9.17, 15) is 14.7 Å². The van der Waals surface area contributed by atoms with Gasteiger partial charge in [-0.25, -0.2) is 4.98 Å². The first-order chi connectivity index (χ1) is 20.3. The van der Waals surface area contributed by atoms with Crippen LogP contribution in [0.3, 0.4) is 0 Å². The highest BCUT2D eigenvalue weighted by Gasteiger charge is 2.48. The highest BCUT2D eigenvalue weighted by molar-refractivity contribution is 7.22. The van der Waals surface area contributed by atoms with Gasteiger partial charge in [-0.2, -0.15) is 0 Å². The maximum absolute atomic E-state index is 13.6. The molecule has 210 valence electrons. The van der Waals surface area contributed by atoms with E-state index in [1.165, 1.54) is 16.2 Å². The number of aliphatic hydroxyl groups excluding tert-OH is 1. The first-order valence-corrected chi connectivity index (χ1v) is 14.3. The van der Waals surface area contributed by atoms with Crippen LogP contribution in [0.25, 0.3) is 16.0 Å². The molecule has 4 aromatic carbocycles. The van der Waals surface area contributed by atoms with Gasteiger partial charge in [0.25, 0.3) is 5.78 Å². The lowest BCUT2D eigenvalue weighted by Gasteiger charge is -2.23. The molecule has 1 unspecified atom stereocenters. The van der Waals surface area contributed by atoms with Crippen molar-refractivity contribution >= 4 is 44.1 Å². The van der Waals surface area contributed by atoms with E-state index < -0.39 is 17.7 Å². The number of nitrogens with zero attached hydrogens (tertiary/aromatic N) is 2. The highest BCUT2D eigenvalue weighted by Crippen LogP contribution is 2.45. The zero-order chi connectivity index (χ0) is 29.4. The predicted octanol–water partition coefficient (Wildman–Crippen LogP) is 7.13. The van der Waals surface area contributed by atoms with E-state index in [4.69, 9.17) is 14.5 Å². The Morgan fingerprint density at radius 3 is 2.31 bits per heavy atom. The number of aliphatic hydroxyl groups is 1. The summed E-state index contributed by atoms with van der Waals surface area (Å²) in [6, 6.07) is 26.9. The van der Waals surface area contributed by atoms with Gasteiger partial charge in [-0.3, -0.25) is 14.5 Å². The van der Waals surface area contributed by atoms with Crippen molar-refractivity contribution in [3.05, 3.63) is 124 Å². The molecule has 8 heteroatoms. The lowest BCUT2D eigenvalue weighted by Crippen LogP contribution is -2.29. The minimum atomic E-state index is -0.891. The molecule has 7 nitrogen and oxygen atoms in total. The summed E-state index contributed by atoms with van der Waals surface area (Å²) in [5, 5.41) is 11.8. The van der Waals surface area contributed by atoms with Crippen molar-refractivity contribution in [3.8, 4) is 11.5 Å². The Morgan fingerprint density at radius 1 is 0.929 bits per heavy atom. The number of aryl methyl sites for hydroxylation is 2. The smallest absolute Gasteiger partial charge is 0.301 e. The summed E-state index contributed by atoms with van der Waals surface area (Å²) in [5.41, 5.74) is 4.92. The van der Waals surface area contributed by atoms with E-state index in [2.05, 4.69) is 0 Å². The molecule has 1 saturated heterocycles. The fraction of sp³-hybridized carbons (Fsp3) is 0.147. The first kappa shape index (κ1) is 27.2. The van der Waals surface area contributed by atoms with Gasteiger partial charge in [-0.1, -0.05) is 59.9 Å². The number of ether oxygens (including phenoxy) is 2. The molecule has 0 aliphatic carbocycles. The Balaban J connectivity index is 1.44. The number of aromatic nitrogens is 1. The van der Waals surface area contributed by atoms with Crippen LogP contribution in [0.5, 0.6) is 11.5 Å². The van der Waals surface area contributed by atoms with Gasteiger partial charge >= 0.3 is 5.91 Å². The van der Waals surface area contributed by atoms with Crippen molar-refractivity contribution in [1.82, 2.24) is 4.98 Å². The number of hydrogen-bond donors (Lipinski definition) is 1. The Labute approximate surface area is 247 Å². The summed E-state index contributed by atoms with van der Waals surface area (Å²) >= 11 is 1.35. The number of thiazole rings is 1. The summed E-state index contributed by atoms with van der Waals surface area (Å²) < 4.78 is 12.1. The molecule has 2 heterocycles. The topological polar surface area (TPSA) is 89.0 Å². The van der Waals surface area contributed by atoms with E-state index in [0.717, 1.165) is 26.9 Å². The summed E-state index contributed by atoms with van der Waals surface area (Å²) in [7, 11) is 1.55. The largest absolute Gasteiger partial charge is 0.507 e. The number of rotatable bonds is 7. The molecule has 1 fully saturated rings. The van der Waals surface area contributed by atoms with Crippen molar-refractivity contribution < 1.29 is 24.2 Å². The molecule has 0 saturated carbocycles. The quantitative estimate of drug-likeness (QED) is 0.126. The molecule has 5 aromatic rings. The summed E-state index contributed by atoms with van der Waals surface area (Å²) in [5.74, 6) is -0.533. The maximum Gasteiger partial charge on any atom is 0.301 e. The number of amides is 1. The van der Waals surface area contributed by atoms with Crippen molar-refractivity contribution in [3.63, 3.8) is 0 Å². The number of benzene rings is 4. The monoisotopic (exact) mass is 576 g/mol. The number of carbonyl (C=O) groups excluding carboxylic acids is 2. The second-order valence-electron chi connectivity index (χ2n) is 10.2. The van der Waals surface area contributed by atoms with Crippen LogP contribution >= 0.6 is 11.3 Å². The Morgan fingerprint density at radius 2 is 1.62 bits per heavy atom. The number of hydrogen-bond acceptors (Lipinski definition) is 7. The third kappa shape index (κ3) is 5.01. The number of carbonyl (C=O) groups is 2. The maximum atomic E-state index is 13.6. The lowest BCUT2D eigenvalue weighted by molar-refractivity contribution is -0.132. The van der Waals surface area contributed by atoms with Crippen LogP contribution in [0.4, 0.5) is 5.13 Å². The van der Waals surface area contributed by atoms with E-state index in [1.54, 1.807) is 43.5 Å². The van der Waals surface area contributed by atoms with Crippen LogP contribution in [0.1, 0.15) is 33.9 Å². The molecular formula is C34H28N2O5S. The molecule has 0 radical (unpaired) electrons. The van der Waals surface area contributed by atoms with Crippen LogP contribution in [0, 0.1) is 13.8 Å². The van der Waals surface area contributed by atoms with Crippen LogP contribution in [0.2, 0.25) is 0 Å². The number of Topliss-reactive ketones (excluding diaryl/α,β-unsaturated/α-hetero) is 1. The van der Waals surface area contributed by atoms with Gasteiger partial charge in [0.15, 0.2) is 5.13 Å². The van der Waals surface area contributed by atoms with Crippen LogP contribution in [-0.4, -0.2) is 28.9 Å². The van der Waals surface area contributed by atoms with Crippen molar-refractivity contribution in [2.75, 3.05) is 12.0 Å². The van der Waals surface area contributed by atoms with E-state index in [0.29, 0.717) is 34.4 Å². The predicted molar refractivity (Wildman–Crippen MR) is 164 cm³/mol. The summed E-state index contributed by atoms with van der Waals surface area (Å²) in [4.78, 5) is 33.4. The fourth-order valence-electron chi connectivity index (χ4n) is 5.20. The molecule has 1 aromatic heterocycles. The molecule has 1 aliphatic rings. The standard InChI is InChI=1S/C34H28N2O5S/c1-20-17-21(2)29-27(18-20)42-34(35-29)36-30(23-9-15-26(16-10-23)41-19-22-7-5-4-6-8-22)28(32(38)33(36)39)31(37)24-11-13-25(40-3)14-12-24/h4-18,30,37H,19H2,1-3H3/b31-28+. The molecule has 1 aliphatic heterocycles. The van der Waals surface area contributed by atoms with E-state index in [-0.39, 0.29) is 11.3 Å². The molecular weight excluding hydrogens is 548 g/mol. The second kappa shape index (κ2) is 11.1. The Bertz CT molecular complexity index is 1830. The van der Waals surface area contributed by atoms with E-state index >= 15 is 0 Å². The molecule has 0 spiro atoms. The zero-order valence-corrected chi connectivity index (χ0v) is 24.1. The summed E-state index contributed by atoms with van der Waals surface area (Å²) in [6.45, 7) is 4.39. The summed E-state index contributed by atoms with van der Waals surface area (Å²) in [6.07, 6.45) is 0. The molecule has 0 bridgehead atoms. The number of ketones is 1. The van der Waals surface area contributed by atoms with Crippen LogP contribution < -0.4 is 14.4 Å². The average Bonchev–Trinajstić information content (AvgIpc) is 3.54. The molecule has 1 atom stereocenters. The first-order valence-electron chi connectivity index (χ1n) is 13.4. The molecule has 1 amide bonds. The highest BCUT2D eigenvalue weighted by atomic mass is 32.1. The SMILES string of the molecule is COc1ccc(/C(O)=C2\C(=O)C(=O)N(c3nc4c(C)cc(C)cc4s3)C2c2ccc(OCc3ccccc3)cc2)cc1. The average molecular weight is 577 g/mol. The molecule has 42 heavy (non-hydrogen) atoms. The molecule has 6 rings (SSSR count). The lowest BCUT2D eigenvalue weighted by atomic mass is 9.95. The second-order valence-corrected chi connectivity index (χ2v) is 11.2. The third-order valence-corrected chi connectivity index (χ3v) is 8.28. The van der Waals surface area contributed by atoms with Crippen LogP contribution in [0.15, 0.2) is 96.6 Å². The van der Waals surface area contributed by atoms with Gasteiger partial charge in [0.2, 0.25) is 0 Å². The fourth-order valence-corrected chi connectivity index (χ4v) is 6.37. The number of anilines is 1. The third-order valence-electron chi connectivity index (χ3n) is 7.28. The normalized spacial score (nSPS) is 16.3. The number of methoxy groups -OCH3 is 1. The zero-order valence-electron chi connectivity index (χ0n) is 23.3. The van der Waals surface area contributed by atoms with Gasteiger partial charge in [-0.15, -0.1) is 0 Å². The van der Waals surface area contributed by atoms with Crippen molar-refractivity contribution in [1.29, 1.82) is 0 Å². The number of fused-ring (bicyclic) bond motifs is 1. The van der Waals surface area contributed by atoms with Gasteiger partial charge in [-0.05, 0) is 78.6 Å². The van der Waals surface area contributed by atoms with Gasteiger partial charge in [0, 0.05) is 5.56 Å². The minimum absolute atomic E-state index is 0.00437. The van der Waals surface area contributed by atoms with Crippen LogP contribution in [-0.2, 0) is 16.2 Å². The minimum Gasteiger partial charge on any atom is -0.507 e. The van der Waals surface area contributed by atoms with Crippen molar-refractivity contribution in [2.45, 2.75) is 26.5 Å².